The zero-order chi connectivity index (χ0) is 14.4. The molecule has 0 aliphatic heterocycles. The summed E-state index contributed by atoms with van der Waals surface area (Å²) >= 11 is 0. The summed E-state index contributed by atoms with van der Waals surface area (Å²) in [5.41, 5.74) is 0.105. The predicted octanol–water partition coefficient (Wildman–Crippen LogP) is 3.55. The highest BCUT2D eigenvalue weighted by Crippen LogP contribution is 2.36. The lowest BCUT2D eigenvalue weighted by Gasteiger charge is -2.18. The van der Waals surface area contributed by atoms with E-state index < -0.39 is 15.7 Å². The zero-order valence-electron chi connectivity index (χ0n) is 10.7. The molecule has 0 saturated heterocycles. The number of hydrogen-bond donors (Lipinski definition) is 0. The smallest absolute Gasteiger partial charge is 0.393 e. The number of rotatable bonds is 2. The molecule has 0 bridgehead atoms. The van der Waals surface area contributed by atoms with Gasteiger partial charge in [-0.05, 0) is 17.0 Å². The number of fused-ring (bicyclic) bond motifs is 1. The summed E-state index contributed by atoms with van der Waals surface area (Å²) < 4.78 is 4.95. The van der Waals surface area contributed by atoms with Crippen LogP contribution in [-0.2, 0) is 5.41 Å². The van der Waals surface area contributed by atoms with Crippen molar-refractivity contribution < 1.29 is 14.3 Å². The molecule has 1 heterocycles. The topological polar surface area (TPSA) is 99.4 Å². The quantitative estimate of drug-likeness (QED) is 0.610. The van der Waals surface area contributed by atoms with Gasteiger partial charge in [0.25, 0.3) is 0 Å². The Morgan fingerprint density at radius 1 is 1.05 bits per heavy atom. The van der Waals surface area contributed by atoms with Crippen molar-refractivity contribution >= 4 is 22.5 Å². The van der Waals surface area contributed by atoms with E-state index in [2.05, 4.69) is 0 Å². The maximum Gasteiger partial charge on any atom is 0.434 e. The molecule has 0 unspecified atom stereocenters. The first-order valence-electron chi connectivity index (χ1n) is 5.57. The van der Waals surface area contributed by atoms with Crippen LogP contribution in [0.1, 0.15) is 26.3 Å². The Morgan fingerprint density at radius 3 is 2.16 bits per heavy atom. The minimum absolute atomic E-state index is 0.0651. The number of furan rings is 1. The SMILES string of the molecule is CC(C)(C)c1cc([N+](=O)[O-])c2oc([N+](=O)[O-])cc2c1. The molecule has 0 aliphatic rings. The van der Waals surface area contributed by atoms with Gasteiger partial charge in [0.2, 0.25) is 5.58 Å². The molecule has 0 radical (unpaired) electrons. The van der Waals surface area contributed by atoms with Crippen LogP contribution in [0, 0.1) is 20.2 Å². The first kappa shape index (κ1) is 13.0. The molecule has 0 N–H and O–H groups in total. The van der Waals surface area contributed by atoms with Crippen molar-refractivity contribution in [3.8, 4) is 0 Å². The monoisotopic (exact) mass is 264 g/mol. The van der Waals surface area contributed by atoms with E-state index in [0.29, 0.717) is 5.39 Å². The van der Waals surface area contributed by atoms with Gasteiger partial charge < -0.3 is 4.42 Å². The summed E-state index contributed by atoms with van der Waals surface area (Å²) in [5.74, 6) is -0.496. The Morgan fingerprint density at radius 2 is 1.68 bits per heavy atom. The third-order valence-electron chi connectivity index (χ3n) is 2.83. The average molecular weight is 264 g/mol. The van der Waals surface area contributed by atoms with Crippen LogP contribution in [0.5, 0.6) is 0 Å². The Hall–Kier alpha value is -2.44. The van der Waals surface area contributed by atoms with Crippen LogP contribution >= 0.6 is 0 Å². The third kappa shape index (κ3) is 2.26. The minimum Gasteiger partial charge on any atom is -0.393 e. The lowest BCUT2D eigenvalue weighted by atomic mass is 9.86. The summed E-state index contributed by atoms with van der Waals surface area (Å²) in [6.07, 6.45) is 0. The lowest BCUT2D eigenvalue weighted by Crippen LogP contribution is -2.11. The molecule has 0 fully saturated rings. The molecule has 2 rings (SSSR count). The van der Waals surface area contributed by atoms with Crippen molar-refractivity contribution in [3.05, 3.63) is 44.0 Å². The molecule has 1 aromatic carbocycles. The molecule has 0 amide bonds. The van der Waals surface area contributed by atoms with Crippen molar-refractivity contribution in [2.24, 2.45) is 0 Å². The van der Waals surface area contributed by atoms with E-state index in [4.69, 9.17) is 4.42 Å². The van der Waals surface area contributed by atoms with Crippen molar-refractivity contribution in [2.75, 3.05) is 0 Å². The van der Waals surface area contributed by atoms with Gasteiger partial charge in [-0.1, -0.05) is 20.8 Å². The van der Waals surface area contributed by atoms with Crippen molar-refractivity contribution in [1.29, 1.82) is 0 Å². The zero-order valence-corrected chi connectivity index (χ0v) is 10.7. The van der Waals surface area contributed by atoms with Crippen LogP contribution in [-0.4, -0.2) is 9.85 Å². The molecular formula is C12H12N2O5. The number of non-ortho nitro benzene ring substituents is 1. The fourth-order valence-electron chi connectivity index (χ4n) is 1.78. The van der Waals surface area contributed by atoms with E-state index in [9.17, 15) is 20.2 Å². The summed E-state index contributed by atoms with van der Waals surface area (Å²) in [4.78, 5) is 20.4. The van der Waals surface area contributed by atoms with Crippen LogP contribution in [0.4, 0.5) is 11.6 Å². The van der Waals surface area contributed by atoms with E-state index in [1.165, 1.54) is 12.1 Å². The lowest BCUT2D eigenvalue weighted by molar-refractivity contribution is -0.402. The number of nitro groups is 2. The van der Waals surface area contributed by atoms with Crippen molar-refractivity contribution in [3.63, 3.8) is 0 Å². The fourth-order valence-corrected chi connectivity index (χ4v) is 1.78. The second kappa shape index (κ2) is 4.04. The van der Waals surface area contributed by atoms with E-state index in [-0.39, 0.29) is 16.7 Å². The number of nitro benzene ring substituents is 1. The van der Waals surface area contributed by atoms with Crippen LogP contribution in [0.2, 0.25) is 0 Å². The van der Waals surface area contributed by atoms with E-state index in [1.54, 1.807) is 6.07 Å². The van der Waals surface area contributed by atoms with Gasteiger partial charge in [-0.2, -0.15) is 0 Å². The molecule has 0 atom stereocenters. The maximum absolute atomic E-state index is 11.0. The first-order chi connectivity index (χ1) is 8.70. The normalized spacial score (nSPS) is 11.7. The van der Waals surface area contributed by atoms with Crippen LogP contribution < -0.4 is 0 Å². The van der Waals surface area contributed by atoms with Gasteiger partial charge in [0.1, 0.15) is 4.92 Å². The molecule has 0 saturated carbocycles. The second-order valence-electron chi connectivity index (χ2n) is 5.26. The Bertz CT molecular complexity index is 681. The van der Waals surface area contributed by atoms with Gasteiger partial charge in [0.05, 0.1) is 11.0 Å². The highest BCUT2D eigenvalue weighted by molar-refractivity contribution is 5.88. The molecule has 0 spiro atoms. The molecule has 7 nitrogen and oxygen atoms in total. The van der Waals surface area contributed by atoms with E-state index in [0.717, 1.165) is 5.56 Å². The van der Waals surface area contributed by atoms with E-state index in [1.807, 2.05) is 20.8 Å². The summed E-state index contributed by atoms with van der Waals surface area (Å²) in [6.45, 7) is 5.73. The van der Waals surface area contributed by atoms with Gasteiger partial charge in [-0.25, -0.2) is 0 Å². The number of benzene rings is 1. The van der Waals surface area contributed by atoms with Gasteiger partial charge in [-0.3, -0.25) is 20.2 Å². The molecule has 2 aromatic rings. The molecule has 1 aromatic heterocycles. The largest absolute Gasteiger partial charge is 0.434 e. The average Bonchev–Trinajstić information content (AvgIpc) is 2.69. The molecular weight excluding hydrogens is 252 g/mol. The van der Waals surface area contributed by atoms with Gasteiger partial charge in [-0.15, -0.1) is 0 Å². The number of nitrogens with zero attached hydrogens (tertiary/aromatic N) is 2. The van der Waals surface area contributed by atoms with Crippen molar-refractivity contribution in [2.45, 2.75) is 26.2 Å². The highest BCUT2D eigenvalue weighted by Gasteiger charge is 2.26. The molecule has 7 heteroatoms. The minimum atomic E-state index is -0.708. The highest BCUT2D eigenvalue weighted by atomic mass is 16.7. The fraction of sp³-hybridized carbons (Fsp3) is 0.333. The second-order valence-corrected chi connectivity index (χ2v) is 5.26. The Kier molecular flexibility index (Phi) is 2.77. The van der Waals surface area contributed by atoms with Gasteiger partial charge in [0.15, 0.2) is 0 Å². The van der Waals surface area contributed by atoms with Gasteiger partial charge >= 0.3 is 11.6 Å². The first-order valence-corrected chi connectivity index (χ1v) is 5.57. The standard InChI is InChI=1S/C12H12N2O5/c1-12(2,3)8-4-7-5-10(14(17)18)19-11(7)9(6-8)13(15)16/h4-6H,1-3H3. The Labute approximate surface area is 108 Å². The third-order valence-corrected chi connectivity index (χ3v) is 2.83. The summed E-state index contributed by atoms with van der Waals surface area (Å²) in [6, 6.07) is 4.28. The molecule has 0 aliphatic carbocycles. The predicted molar refractivity (Wildman–Crippen MR) is 68.2 cm³/mol. The van der Waals surface area contributed by atoms with Crippen LogP contribution in [0.15, 0.2) is 22.6 Å². The van der Waals surface area contributed by atoms with Crippen LogP contribution in [0.25, 0.3) is 11.0 Å². The molecule has 100 valence electrons. The van der Waals surface area contributed by atoms with Crippen molar-refractivity contribution in [1.82, 2.24) is 0 Å². The van der Waals surface area contributed by atoms with Gasteiger partial charge in [0, 0.05) is 11.5 Å². The van der Waals surface area contributed by atoms with Crippen LogP contribution in [0.3, 0.4) is 0 Å². The van der Waals surface area contributed by atoms with E-state index >= 15 is 0 Å². The number of hydrogen-bond acceptors (Lipinski definition) is 5. The summed E-state index contributed by atoms with van der Waals surface area (Å²) in [5, 5.41) is 22.1. The molecule has 19 heavy (non-hydrogen) atoms. The maximum atomic E-state index is 11.0. The summed E-state index contributed by atoms with van der Waals surface area (Å²) in [7, 11) is 0. The Balaban J connectivity index is 2.80.